The first-order valence-electron chi connectivity index (χ1n) is 9.05. The molecule has 0 radical (unpaired) electrons. The molecule has 6 nitrogen and oxygen atoms in total. The molecule has 1 amide bonds. The number of carbonyl (C=O) groups excluding carboxylic acids is 2. The van der Waals surface area contributed by atoms with Gasteiger partial charge in [0.15, 0.2) is 5.13 Å². The van der Waals surface area contributed by atoms with Crippen LogP contribution >= 0.6 is 22.7 Å². The minimum absolute atomic E-state index is 0.321. The number of ether oxygens (including phenoxy) is 1. The van der Waals surface area contributed by atoms with Crippen LogP contribution < -0.4 is 5.32 Å². The van der Waals surface area contributed by atoms with Gasteiger partial charge in [0.2, 0.25) is 0 Å². The van der Waals surface area contributed by atoms with Gasteiger partial charge in [-0.25, -0.2) is 14.8 Å². The smallest absolute Gasteiger partial charge is 0.350 e. The third-order valence-corrected chi connectivity index (χ3v) is 6.45. The molecule has 4 rings (SSSR count). The zero-order valence-electron chi connectivity index (χ0n) is 16.2. The van der Waals surface area contributed by atoms with Crippen molar-refractivity contribution >= 4 is 39.7 Å². The lowest BCUT2D eigenvalue weighted by Crippen LogP contribution is -2.11. The first-order chi connectivity index (χ1) is 14.6. The second kappa shape index (κ2) is 8.56. The average molecular weight is 436 g/mol. The first-order valence-corrected chi connectivity index (χ1v) is 10.7. The number of amides is 1. The maximum absolute atomic E-state index is 13.1. The van der Waals surface area contributed by atoms with Gasteiger partial charge in [0.1, 0.15) is 14.8 Å². The SMILES string of the molecule is COC(=O)c1sc(NC(=O)c2sc(-c3ccccc3)nc2-c2ccccc2)nc1C. The summed E-state index contributed by atoms with van der Waals surface area (Å²) >= 11 is 2.41. The summed E-state index contributed by atoms with van der Waals surface area (Å²) in [7, 11) is 1.31. The third kappa shape index (κ3) is 4.00. The predicted octanol–water partition coefficient (Wildman–Crippen LogP) is 5.28. The molecule has 30 heavy (non-hydrogen) atoms. The van der Waals surface area contributed by atoms with E-state index in [0.717, 1.165) is 27.5 Å². The molecule has 2 aromatic heterocycles. The molecule has 0 saturated heterocycles. The summed E-state index contributed by atoms with van der Waals surface area (Å²) in [5.74, 6) is -0.793. The normalized spacial score (nSPS) is 10.6. The molecule has 2 aromatic carbocycles. The Hall–Kier alpha value is -3.36. The first kappa shape index (κ1) is 19.9. The Bertz CT molecular complexity index is 1200. The van der Waals surface area contributed by atoms with Crippen molar-refractivity contribution in [1.29, 1.82) is 0 Å². The van der Waals surface area contributed by atoms with Crippen molar-refractivity contribution in [3.63, 3.8) is 0 Å². The quantitative estimate of drug-likeness (QED) is 0.431. The molecule has 1 N–H and O–H groups in total. The highest BCUT2D eigenvalue weighted by Crippen LogP contribution is 2.35. The predicted molar refractivity (Wildman–Crippen MR) is 119 cm³/mol. The largest absolute Gasteiger partial charge is 0.465 e. The highest BCUT2D eigenvalue weighted by atomic mass is 32.1. The zero-order chi connectivity index (χ0) is 21.1. The van der Waals surface area contributed by atoms with Gasteiger partial charge < -0.3 is 4.74 Å². The summed E-state index contributed by atoms with van der Waals surface area (Å²) < 4.78 is 4.76. The van der Waals surface area contributed by atoms with Crippen LogP contribution in [0.25, 0.3) is 21.8 Å². The summed E-state index contributed by atoms with van der Waals surface area (Å²) in [6.07, 6.45) is 0. The summed E-state index contributed by atoms with van der Waals surface area (Å²) in [6.45, 7) is 1.70. The van der Waals surface area contributed by atoms with Gasteiger partial charge in [0.25, 0.3) is 5.91 Å². The lowest BCUT2D eigenvalue weighted by Gasteiger charge is -2.02. The van der Waals surface area contributed by atoms with Crippen molar-refractivity contribution < 1.29 is 14.3 Å². The van der Waals surface area contributed by atoms with E-state index >= 15 is 0 Å². The number of methoxy groups -OCH3 is 1. The van der Waals surface area contributed by atoms with E-state index in [9.17, 15) is 9.59 Å². The van der Waals surface area contributed by atoms with Gasteiger partial charge in [-0.3, -0.25) is 10.1 Å². The standard InChI is InChI=1S/C22H17N3O3S2/c1-13-17(21(27)28-2)30-22(23-13)25-19(26)18-16(14-9-5-3-6-10-14)24-20(29-18)15-11-7-4-8-12-15/h3-12H,1-2H3,(H,23,25,26). The lowest BCUT2D eigenvalue weighted by molar-refractivity contribution is 0.0605. The van der Waals surface area contributed by atoms with Crippen LogP contribution in [0.15, 0.2) is 60.7 Å². The number of anilines is 1. The number of aryl methyl sites for hydroxylation is 1. The van der Waals surface area contributed by atoms with Crippen LogP contribution in [-0.4, -0.2) is 29.0 Å². The molecule has 8 heteroatoms. The summed E-state index contributed by atoms with van der Waals surface area (Å²) in [4.78, 5) is 34.8. The maximum atomic E-state index is 13.1. The molecule has 0 bridgehead atoms. The molecule has 0 unspecified atom stereocenters. The van der Waals surface area contributed by atoms with E-state index in [1.165, 1.54) is 18.4 Å². The molecule has 2 heterocycles. The average Bonchev–Trinajstić information content (AvgIpc) is 3.38. The molecule has 0 aliphatic heterocycles. The minimum Gasteiger partial charge on any atom is -0.465 e. The second-order valence-electron chi connectivity index (χ2n) is 6.31. The Balaban J connectivity index is 1.71. The number of benzene rings is 2. The number of rotatable bonds is 5. The molecule has 0 atom stereocenters. The monoisotopic (exact) mass is 435 g/mol. The number of carbonyl (C=O) groups is 2. The van der Waals surface area contributed by atoms with Crippen LogP contribution in [0, 0.1) is 6.92 Å². The molecular formula is C22H17N3O3S2. The Morgan fingerprint density at radius 2 is 1.50 bits per heavy atom. The number of aromatic nitrogens is 2. The molecule has 150 valence electrons. The lowest BCUT2D eigenvalue weighted by atomic mass is 10.1. The van der Waals surface area contributed by atoms with Crippen molar-refractivity contribution in [3.8, 4) is 21.8 Å². The van der Waals surface area contributed by atoms with Gasteiger partial charge in [-0.05, 0) is 6.92 Å². The molecule has 4 aromatic rings. The Kier molecular flexibility index (Phi) is 5.69. The van der Waals surface area contributed by atoms with E-state index in [0.29, 0.717) is 26.3 Å². The third-order valence-electron chi connectivity index (χ3n) is 4.29. The summed E-state index contributed by atoms with van der Waals surface area (Å²) in [5, 5.41) is 3.90. The van der Waals surface area contributed by atoms with Crippen LogP contribution in [0.2, 0.25) is 0 Å². The molecule has 0 aliphatic carbocycles. The molecular weight excluding hydrogens is 418 g/mol. The van der Waals surface area contributed by atoms with E-state index < -0.39 is 5.97 Å². The van der Waals surface area contributed by atoms with Crippen LogP contribution in [0.1, 0.15) is 25.0 Å². The second-order valence-corrected chi connectivity index (χ2v) is 8.31. The maximum Gasteiger partial charge on any atom is 0.350 e. The van der Waals surface area contributed by atoms with Crippen molar-refractivity contribution in [2.24, 2.45) is 0 Å². The molecule has 0 fully saturated rings. The number of nitrogens with zero attached hydrogens (tertiary/aromatic N) is 2. The summed E-state index contributed by atoms with van der Waals surface area (Å²) in [6, 6.07) is 19.3. The molecule has 0 saturated carbocycles. The van der Waals surface area contributed by atoms with E-state index in [4.69, 9.17) is 9.72 Å². The highest BCUT2D eigenvalue weighted by molar-refractivity contribution is 7.18. The van der Waals surface area contributed by atoms with Crippen molar-refractivity contribution in [3.05, 3.63) is 76.1 Å². The van der Waals surface area contributed by atoms with Crippen LogP contribution in [0.4, 0.5) is 5.13 Å². The Morgan fingerprint density at radius 3 is 2.13 bits per heavy atom. The number of esters is 1. The fourth-order valence-electron chi connectivity index (χ4n) is 2.86. The number of thiazole rings is 2. The topological polar surface area (TPSA) is 81.2 Å². The van der Waals surface area contributed by atoms with Gasteiger partial charge in [-0.15, -0.1) is 11.3 Å². The van der Waals surface area contributed by atoms with Gasteiger partial charge in [-0.2, -0.15) is 0 Å². The van der Waals surface area contributed by atoms with E-state index in [1.54, 1.807) is 6.92 Å². The molecule has 0 spiro atoms. The van der Waals surface area contributed by atoms with Crippen molar-refractivity contribution in [2.75, 3.05) is 12.4 Å². The van der Waals surface area contributed by atoms with Crippen LogP contribution in [0.5, 0.6) is 0 Å². The van der Waals surface area contributed by atoms with E-state index in [1.807, 2.05) is 60.7 Å². The van der Waals surface area contributed by atoms with E-state index in [-0.39, 0.29) is 5.91 Å². The van der Waals surface area contributed by atoms with Gasteiger partial charge >= 0.3 is 5.97 Å². The summed E-state index contributed by atoms with van der Waals surface area (Å²) in [5.41, 5.74) is 2.92. The van der Waals surface area contributed by atoms with Crippen molar-refractivity contribution in [2.45, 2.75) is 6.92 Å². The number of nitrogens with one attached hydrogen (secondary N) is 1. The Labute approximate surface area is 181 Å². The van der Waals surface area contributed by atoms with E-state index in [2.05, 4.69) is 10.3 Å². The number of hydrogen-bond donors (Lipinski definition) is 1. The van der Waals surface area contributed by atoms with Crippen LogP contribution in [0.3, 0.4) is 0 Å². The van der Waals surface area contributed by atoms with Gasteiger partial charge in [-0.1, -0.05) is 72.0 Å². The fourth-order valence-corrected chi connectivity index (χ4v) is 4.72. The number of hydrogen-bond acceptors (Lipinski definition) is 7. The van der Waals surface area contributed by atoms with Gasteiger partial charge in [0.05, 0.1) is 18.5 Å². The fraction of sp³-hybridized carbons (Fsp3) is 0.0909. The highest BCUT2D eigenvalue weighted by Gasteiger charge is 2.23. The Morgan fingerprint density at radius 1 is 0.867 bits per heavy atom. The molecule has 0 aliphatic rings. The minimum atomic E-state index is -0.473. The van der Waals surface area contributed by atoms with Gasteiger partial charge in [0, 0.05) is 11.1 Å². The van der Waals surface area contributed by atoms with Crippen LogP contribution in [-0.2, 0) is 4.74 Å². The zero-order valence-corrected chi connectivity index (χ0v) is 17.8. The van der Waals surface area contributed by atoms with Crippen molar-refractivity contribution in [1.82, 2.24) is 9.97 Å².